The molecular weight excluding hydrogens is 376 g/mol. The van der Waals surface area contributed by atoms with Gasteiger partial charge in [-0.15, -0.1) is 0 Å². The highest BCUT2D eigenvalue weighted by molar-refractivity contribution is 6.31. The van der Waals surface area contributed by atoms with E-state index in [4.69, 9.17) is 16.3 Å². The van der Waals surface area contributed by atoms with Gasteiger partial charge in [-0.2, -0.15) is 0 Å². The van der Waals surface area contributed by atoms with E-state index < -0.39 is 11.7 Å². The highest BCUT2D eigenvalue weighted by Gasteiger charge is 2.18. The van der Waals surface area contributed by atoms with Gasteiger partial charge in [0, 0.05) is 29.6 Å². The molecule has 5 nitrogen and oxygen atoms in total. The van der Waals surface area contributed by atoms with Crippen LogP contribution in [0.15, 0.2) is 29.1 Å². The summed E-state index contributed by atoms with van der Waals surface area (Å²) in [6, 6.07) is 7.35. The molecule has 0 saturated carbocycles. The molecule has 148 valence electrons. The van der Waals surface area contributed by atoms with Gasteiger partial charge in [-0.05, 0) is 52.3 Å². The quantitative estimate of drug-likeness (QED) is 0.753. The summed E-state index contributed by atoms with van der Waals surface area (Å²) in [5.41, 5.74) is 2.82. The minimum atomic E-state index is -0.538. The molecule has 1 heterocycles. The number of hydrogen-bond acceptors (Lipinski definition) is 3. The Bertz CT molecular complexity index is 990. The molecule has 1 N–H and O–H groups in total. The van der Waals surface area contributed by atoms with Crippen LogP contribution in [0.3, 0.4) is 0 Å². The molecule has 1 aromatic heterocycles. The number of carbonyl (C=O) groups is 1. The van der Waals surface area contributed by atoms with Crippen LogP contribution in [0.4, 0.5) is 4.79 Å². The second kappa shape index (κ2) is 8.53. The molecule has 0 aliphatic heterocycles. The number of pyridine rings is 1. The Morgan fingerprint density at radius 3 is 2.36 bits per heavy atom. The summed E-state index contributed by atoms with van der Waals surface area (Å²) in [7, 11) is 1.64. The molecule has 2 rings (SSSR count). The van der Waals surface area contributed by atoms with E-state index in [1.165, 1.54) is 4.90 Å². The molecule has 1 aromatic carbocycles. The van der Waals surface area contributed by atoms with Crippen LogP contribution in [0.5, 0.6) is 0 Å². The lowest BCUT2D eigenvalue weighted by molar-refractivity contribution is 0.0321. The lowest BCUT2D eigenvalue weighted by atomic mass is 10.0. The number of nitrogens with one attached hydrogen (secondary N) is 1. The van der Waals surface area contributed by atoms with Crippen molar-refractivity contribution in [1.29, 1.82) is 0 Å². The molecule has 0 unspecified atom stereocenters. The van der Waals surface area contributed by atoms with E-state index in [0.29, 0.717) is 11.3 Å². The molecule has 0 saturated heterocycles. The zero-order valence-electron chi connectivity index (χ0n) is 17.1. The van der Waals surface area contributed by atoms with Crippen molar-refractivity contribution in [3.05, 3.63) is 56.5 Å². The number of aryl methyl sites for hydroxylation is 2. The van der Waals surface area contributed by atoms with Crippen LogP contribution in [-0.4, -0.2) is 35.2 Å². The Hall–Kier alpha value is -2.71. The van der Waals surface area contributed by atoms with E-state index in [9.17, 15) is 9.59 Å². The number of halogens is 1. The van der Waals surface area contributed by atoms with Gasteiger partial charge >= 0.3 is 6.09 Å². The number of rotatable bonds is 2. The first-order chi connectivity index (χ1) is 13.0. The van der Waals surface area contributed by atoms with Gasteiger partial charge in [0.2, 0.25) is 5.43 Å². The van der Waals surface area contributed by atoms with Gasteiger partial charge in [0.05, 0.1) is 6.54 Å². The number of aromatic nitrogens is 1. The lowest BCUT2D eigenvalue weighted by Crippen LogP contribution is -2.34. The standard InChI is InChI=1S/C22H25ClN2O3/c1-14-18(20(26)19(23)15(2)24-14)17-11-9-16(10-12-17)8-7-13-25(6)21(27)28-22(3,4)5/h9-12H,13H2,1-6H3,(H,24,26). The van der Waals surface area contributed by atoms with Crippen molar-refractivity contribution in [3.63, 3.8) is 0 Å². The third-order valence-electron chi connectivity index (χ3n) is 3.93. The fourth-order valence-corrected chi connectivity index (χ4v) is 2.72. The van der Waals surface area contributed by atoms with Crippen molar-refractivity contribution in [1.82, 2.24) is 9.88 Å². The third kappa shape index (κ3) is 5.40. The molecule has 0 atom stereocenters. The molecule has 2 aromatic rings. The summed E-state index contributed by atoms with van der Waals surface area (Å²) in [5.74, 6) is 5.96. The van der Waals surface area contributed by atoms with Crippen molar-refractivity contribution in [2.24, 2.45) is 0 Å². The Morgan fingerprint density at radius 2 is 1.79 bits per heavy atom. The van der Waals surface area contributed by atoms with E-state index >= 15 is 0 Å². The predicted molar refractivity (Wildman–Crippen MR) is 113 cm³/mol. The predicted octanol–water partition coefficient (Wildman–Crippen LogP) is 4.53. The summed E-state index contributed by atoms with van der Waals surface area (Å²) >= 11 is 6.09. The van der Waals surface area contributed by atoms with Crippen LogP contribution in [0.2, 0.25) is 5.02 Å². The molecule has 0 aliphatic carbocycles. The number of nitrogens with zero attached hydrogens (tertiary/aromatic N) is 1. The van der Waals surface area contributed by atoms with Gasteiger partial charge in [-0.25, -0.2) is 4.79 Å². The van der Waals surface area contributed by atoms with E-state index in [-0.39, 0.29) is 17.0 Å². The fourth-order valence-electron chi connectivity index (χ4n) is 2.58. The Balaban J connectivity index is 2.13. The van der Waals surface area contributed by atoms with Crippen LogP contribution in [-0.2, 0) is 4.74 Å². The van der Waals surface area contributed by atoms with Crippen molar-refractivity contribution in [2.75, 3.05) is 13.6 Å². The van der Waals surface area contributed by atoms with Crippen LogP contribution >= 0.6 is 11.6 Å². The Morgan fingerprint density at radius 1 is 1.18 bits per heavy atom. The topological polar surface area (TPSA) is 62.4 Å². The summed E-state index contributed by atoms with van der Waals surface area (Å²) in [4.78, 5) is 28.9. The van der Waals surface area contributed by atoms with Gasteiger partial charge in [-0.3, -0.25) is 4.79 Å². The van der Waals surface area contributed by atoms with Gasteiger partial charge in [0.1, 0.15) is 10.6 Å². The Labute approximate surface area is 170 Å². The zero-order valence-corrected chi connectivity index (χ0v) is 17.8. The highest BCUT2D eigenvalue weighted by atomic mass is 35.5. The number of amides is 1. The van der Waals surface area contributed by atoms with Crippen LogP contribution in [0.1, 0.15) is 37.7 Å². The van der Waals surface area contributed by atoms with E-state index in [1.54, 1.807) is 14.0 Å². The van der Waals surface area contributed by atoms with Gasteiger partial charge in [0.15, 0.2) is 0 Å². The summed E-state index contributed by atoms with van der Waals surface area (Å²) < 4.78 is 5.28. The molecule has 0 spiro atoms. The van der Waals surface area contributed by atoms with Crippen molar-refractivity contribution >= 4 is 17.7 Å². The van der Waals surface area contributed by atoms with E-state index in [2.05, 4.69) is 16.8 Å². The number of benzene rings is 1. The molecule has 0 radical (unpaired) electrons. The lowest BCUT2D eigenvalue weighted by Gasteiger charge is -2.23. The molecule has 0 bridgehead atoms. The number of aromatic amines is 1. The Kier molecular flexibility index (Phi) is 6.58. The minimum Gasteiger partial charge on any atom is -0.444 e. The average molecular weight is 401 g/mol. The molecule has 0 aliphatic rings. The SMILES string of the molecule is Cc1[nH]c(C)c(-c2ccc(C#CCN(C)C(=O)OC(C)(C)C)cc2)c(=O)c1Cl. The van der Waals surface area contributed by atoms with Crippen LogP contribution in [0, 0.1) is 25.7 Å². The molecular formula is C22H25ClN2O3. The van der Waals surface area contributed by atoms with Gasteiger partial charge < -0.3 is 14.6 Å². The van der Waals surface area contributed by atoms with Crippen molar-refractivity contribution in [2.45, 2.75) is 40.2 Å². The zero-order chi connectivity index (χ0) is 21.1. The van der Waals surface area contributed by atoms with Crippen molar-refractivity contribution < 1.29 is 9.53 Å². The first-order valence-corrected chi connectivity index (χ1v) is 9.30. The maximum absolute atomic E-state index is 12.5. The average Bonchev–Trinajstić information content (AvgIpc) is 2.59. The number of carbonyl (C=O) groups excluding carboxylic acids is 1. The highest BCUT2D eigenvalue weighted by Crippen LogP contribution is 2.22. The molecule has 1 amide bonds. The second-order valence-electron chi connectivity index (χ2n) is 7.61. The number of H-pyrrole nitrogens is 1. The summed E-state index contributed by atoms with van der Waals surface area (Å²) in [6.07, 6.45) is -0.414. The maximum Gasteiger partial charge on any atom is 0.410 e. The minimum absolute atomic E-state index is 0.187. The van der Waals surface area contributed by atoms with E-state index in [1.807, 2.05) is 52.0 Å². The van der Waals surface area contributed by atoms with E-state index in [0.717, 1.165) is 16.8 Å². The van der Waals surface area contributed by atoms with Crippen LogP contribution < -0.4 is 5.43 Å². The first-order valence-electron chi connectivity index (χ1n) is 8.92. The molecule has 28 heavy (non-hydrogen) atoms. The van der Waals surface area contributed by atoms with Gasteiger partial charge in [-0.1, -0.05) is 35.6 Å². The van der Waals surface area contributed by atoms with Crippen molar-refractivity contribution in [3.8, 4) is 23.0 Å². The third-order valence-corrected chi connectivity index (χ3v) is 4.39. The second-order valence-corrected chi connectivity index (χ2v) is 7.99. The molecule has 0 fully saturated rings. The number of ether oxygens (including phenoxy) is 1. The maximum atomic E-state index is 12.5. The summed E-state index contributed by atoms with van der Waals surface area (Å²) in [5, 5.41) is 0.203. The largest absolute Gasteiger partial charge is 0.444 e. The number of hydrogen-bond donors (Lipinski definition) is 1. The summed E-state index contributed by atoms with van der Waals surface area (Å²) in [6.45, 7) is 9.33. The normalized spacial score (nSPS) is 10.8. The fraction of sp³-hybridized carbons (Fsp3) is 0.364. The smallest absolute Gasteiger partial charge is 0.410 e. The molecule has 6 heteroatoms. The monoisotopic (exact) mass is 400 g/mol. The van der Waals surface area contributed by atoms with Gasteiger partial charge in [0.25, 0.3) is 0 Å². The first kappa shape index (κ1) is 21.6. The van der Waals surface area contributed by atoms with Crippen LogP contribution in [0.25, 0.3) is 11.1 Å².